The quantitative estimate of drug-likeness (QED) is 0.720. The highest BCUT2D eigenvalue weighted by Gasteiger charge is 2.16. The topological polar surface area (TPSA) is 92.4 Å². The molecule has 4 N–H and O–H groups in total. The van der Waals surface area contributed by atoms with Gasteiger partial charge >= 0.3 is 5.97 Å². The molecule has 0 aliphatic carbocycles. The third-order valence-electron chi connectivity index (χ3n) is 3.08. The maximum atomic E-state index is 13.5. The van der Waals surface area contributed by atoms with E-state index < -0.39 is 29.1 Å². The average Bonchev–Trinajstić information content (AvgIpc) is 2.39. The number of benzene rings is 1. The molecular formula is C14H18F2N2O3. The van der Waals surface area contributed by atoms with Crippen LogP contribution in [-0.4, -0.2) is 23.5 Å². The monoisotopic (exact) mass is 300 g/mol. The summed E-state index contributed by atoms with van der Waals surface area (Å²) in [4.78, 5) is 22.5. The van der Waals surface area contributed by atoms with Crippen molar-refractivity contribution in [3.8, 4) is 0 Å². The molecule has 7 heteroatoms. The van der Waals surface area contributed by atoms with E-state index in [0.717, 1.165) is 12.5 Å². The zero-order valence-corrected chi connectivity index (χ0v) is 11.7. The van der Waals surface area contributed by atoms with Crippen LogP contribution in [0.2, 0.25) is 0 Å². The van der Waals surface area contributed by atoms with E-state index >= 15 is 0 Å². The van der Waals surface area contributed by atoms with Crippen molar-refractivity contribution in [1.29, 1.82) is 0 Å². The summed E-state index contributed by atoms with van der Waals surface area (Å²) in [6.07, 6.45) is 1.51. The third kappa shape index (κ3) is 5.11. The number of aromatic carboxylic acids is 1. The summed E-state index contributed by atoms with van der Waals surface area (Å²) in [5, 5.41) is 11.0. The van der Waals surface area contributed by atoms with Crippen LogP contribution in [0.1, 0.15) is 36.5 Å². The van der Waals surface area contributed by atoms with E-state index in [9.17, 15) is 18.4 Å². The van der Waals surface area contributed by atoms with Crippen molar-refractivity contribution in [2.45, 2.75) is 26.2 Å². The Bertz CT molecular complexity index is 535. The van der Waals surface area contributed by atoms with Crippen LogP contribution in [0.15, 0.2) is 12.1 Å². The first kappa shape index (κ1) is 17.0. The summed E-state index contributed by atoms with van der Waals surface area (Å²) in [7, 11) is 0. The minimum atomic E-state index is -1.53. The predicted molar refractivity (Wildman–Crippen MR) is 74.0 cm³/mol. The fraction of sp³-hybridized carbons (Fsp3) is 0.429. The van der Waals surface area contributed by atoms with E-state index in [4.69, 9.17) is 10.8 Å². The maximum Gasteiger partial charge on any atom is 0.338 e. The highest BCUT2D eigenvalue weighted by atomic mass is 19.1. The van der Waals surface area contributed by atoms with Crippen molar-refractivity contribution in [3.05, 3.63) is 29.3 Å². The van der Waals surface area contributed by atoms with Gasteiger partial charge in [0, 0.05) is 12.5 Å². The van der Waals surface area contributed by atoms with Crippen molar-refractivity contribution in [1.82, 2.24) is 0 Å². The van der Waals surface area contributed by atoms with Crippen molar-refractivity contribution < 1.29 is 23.5 Å². The molecule has 0 bridgehead atoms. The Balaban J connectivity index is 2.72. The second kappa shape index (κ2) is 7.68. The number of carbonyl (C=O) groups excluding carboxylic acids is 1. The molecule has 0 fully saturated rings. The van der Waals surface area contributed by atoms with Gasteiger partial charge in [-0.3, -0.25) is 4.79 Å². The summed E-state index contributed by atoms with van der Waals surface area (Å²) >= 11 is 0. The Hall–Kier alpha value is -2.02. The van der Waals surface area contributed by atoms with Gasteiger partial charge in [0.2, 0.25) is 5.91 Å². The largest absolute Gasteiger partial charge is 0.478 e. The minimum Gasteiger partial charge on any atom is -0.478 e. The average molecular weight is 300 g/mol. The highest BCUT2D eigenvalue weighted by Crippen LogP contribution is 2.20. The number of nitrogens with one attached hydrogen (secondary N) is 1. The van der Waals surface area contributed by atoms with Crippen molar-refractivity contribution in [2.24, 2.45) is 11.7 Å². The van der Waals surface area contributed by atoms with Crippen LogP contribution in [0, 0.1) is 17.6 Å². The molecule has 0 spiro atoms. The maximum absolute atomic E-state index is 13.5. The van der Waals surface area contributed by atoms with E-state index in [1.807, 2.05) is 6.92 Å². The van der Waals surface area contributed by atoms with Gasteiger partial charge in [0.1, 0.15) is 11.6 Å². The number of amides is 1. The van der Waals surface area contributed by atoms with Gasteiger partial charge in [-0.25, -0.2) is 13.6 Å². The summed E-state index contributed by atoms with van der Waals surface area (Å²) < 4.78 is 26.7. The zero-order chi connectivity index (χ0) is 16.0. The summed E-state index contributed by atoms with van der Waals surface area (Å²) in [6, 6.07) is 1.21. The Morgan fingerprint density at radius 2 is 1.95 bits per heavy atom. The van der Waals surface area contributed by atoms with Gasteiger partial charge < -0.3 is 16.2 Å². The van der Waals surface area contributed by atoms with Gasteiger partial charge in [-0.2, -0.15) is 0 Å². The minimum absolute atomic E-state index is 0.153. The van der Waals surface area contributed by atoms with Crippen LogP contribution >= 0.6 is 0 Å². The molecule has 0 aliphatic rings. The summed E-state index contributed by atoms with van der Waals surface area (Å²) in [6.45, 7) is 2.47. The van der Waals surface area contributed by atoms with Gasteiger partial charge in [-0.15, -0.1) is 0 Å². The lowest BCUT2D eigenvalue weighted by Gasteiger charge is -2.11. The van der Waals surface area contributed by atoms with Crippen LogP contribution in [0.5, 0.6) is 0 Å². The number of nitrogens with two attached hydrogens (primary N) is 1. The Labute approximate surface area is 121 Å². The number of carbonyl (C=O) groups is 2. The second-order valence-corrected chi connectivity index (χ2v) is 4.89. The van der Waals surface area contributed by atoms with Crippen LogP contribution in [0.25, 0.3) is 0 Å². The Morgan fingerprint density at radius 1 is 1.29 bits per heavy atom. The molecule has 0 heterocycles. The predicted octanol–water partition coefficient (Wildman–Crippen LogP) is 2.37. The summed E-state index contributed by atoms with van der Waals surface area (Å²) in [5.74, 6) is -3.93. The standard InChI is InChI=1S/C14H18F2N2O3/c1-8(4-5-17)2-3-13(19)18-12-6-9(14(20)21)10(15)7-11(12)16/h6-8H,2-5,17H2,1H3,(H,18,19)(H,20,21). The smallest absolute Gasteiger partial charge is 0.338 e. The van der Waals surface area contributed by atoms with Gasteiger partial charge in [0.15, 0.2) is 0 Å². The molecule has 5 nitrogen and oxygen atoms in total. The van der Waals surface area contributed by atoms with Crippen molar-refractivity contribution in [2.75, 3.05) is 11.9 Å². The fourth-order valence-electron chi connectivity index (χ4n) is 1.83. The molecule has 1 unspecified atom stereocenters. The van der Waals surface area contributed by atoms with E-state index in [2.05, 4.69) is 5.32 Å². The van der Waals surface area contributed by atoms with E-state index in [-0.39, 0.29) is 18.0 Å². The molecule has 0 saturated heterocycles. The van der Waals surface area contributed by atoms with Gasteiger partial charge in [-0.05, 0) is 31.4 Å². The van der Waals surface area contributed by atoms with Crippen LogP contribution < -0.4 is 11.1 Å². The Kier molecular flexibility index (Phi) is 6.23. The lowest BCUT2D eigenvalue weighted by Crippen LogP contribution is -2.16. The number of hydrogen-bond acceptors (Lipinski definition) is 3. The lowest BCUT2D eigenvalue weighted by atomic mass is 10.0. The number of carboxylic acid groups (broad SMARTS) is 1. The zero-order valence-electron chi connectivity index (χ0n) is 11.7. The number of halogens is 2. The van der Waals surface area contributed by atoms with Crippen LogP contribution in [0.4, 0.5) is 14.5 Å². The lowest BCUT2D eigenvalue weighted by molar-refractivity contribution is -0.116. The third-order valence-corrected chi connectivity index (χ3v) is 3.08. The molecule has 116 valence electrons. The molecular weight excluding hydrogens is 282 g/mol. The number of hydrogen-bond donors (Lipinski definition) is 3. The Morgan fingerprint density at radius 3 is 2.52 bits per heavy atom. The fourth-order valence-corrected chi connectivity index (χ4v) is 1.83. The molecule has 1 aromatic carbocycles. The van der Waals surface area contributed by atoms with Crippen molar-refractivity contribution in [3.63, 3.8) is 0 Å². The normalized spacial score (nSPS) is 12.0. The van der Waals surface area contributed by atoms with E-state index in [1.165, 1.54) is 0 Å². The second-order valence-electron chi connectivity index (χ2n) is 4.89. The molecule has 1 atom stereocenters. The SMILES string of the molecule is CC(CCN)CCC(=O)Nc1cc(C(=O)O)c(F)cc1F. The molecule has 0 aliphatic heterocycles. The number of anilines is 1. The number of carboxylic acids is 1. The number of rotatable bonds is 7. The summed E-state index contributed by atoms with van der Waals surface area (Å²) in [5.41, 5.74) is 4.36. The molecule has 1 amide bonds. The molecule has 21 heavy (non-hydrogen) atoms. The molecule has 0 saturated carbocycles. The molecule has 0 aromatic heterocycles. The highest BCUT2D eigenvalue weighted by molar-refractivity contribution is 5.94. The van der Waals surface area contributed by atoms with Crippen molar-refractivity contribution >= 4 is 17.6 Å². The first-order valence-corrected chi connectivity index (χ1v) is 6.57. The van der Waals surface area contributed by atoms with Crippen LogP contribution in [-0.2, 0) is 4.79 Å². The van der Waals surface area contributed by atoms with Gasteiger partial charge in [0.05, 0.1) is 11.3 Å². The first-order valence-electron chi connectivity index (χ1n) is 6.57. The van der Waals surface area contributed by atoms with Gasteiger partial charge in [0.25, 0.3) is 0 Å². The van der Waals surface area contributed by atoms with Gasteiger partial charge in [-0.1, -0.05) is 6.92 Å². The first-order chi connectivity index (χ1) is 9.85. The molecule has 0 radical (unpaired) electrons. The molecule has 1 aromatic rings. The van der Waals surface area contributed by atoms with E-state index in [0.29, 0.717) is 19.0 Å². The molecule has 1 rings (SSSR count). The van der Waals surface area contributed by atoms with E-state index in [1.54, 1.807) is 0 Å². The van der Waals surface area contributed by atoms with Crippen LogP contribution in [0.3, 0.4) is 0 Å².